The molecule has 0 aliphatic rings. The quantitative estimate of drug-likeness (QED) is 0.851. The summed E-state index contributed by atoms with van der Waals surface area (Å²) in [5.41, 5.74) is 1.12. The van der Waals surface area contributed by atoms with Crippen molar-refractivity contribution in [2.24, 2.45) is 0 Å². The zero-order valence-electron chi connectivity index (χ0n) is 7.31. The summed E-state index contributed by atoms with van der Waals surface area (Å²) in [6.07, 6.45) is 3.53. The molecule has 0 aliphatic heterocycles. The molecule has 2 heterocycles. The Morgan fingerprint density at radius 2 is 2.07 bits per heavy atom. The minimum absolute atomic E-state index is 0.581. The topological polar surface area (TPSA) is 22.1 Å². The molecule has 0 unspecified atom stereocenters. The summed E-state index contributed by atoms with van der Waals surface area (Å²) in [7, 11) is 0. The van der Waals surface area contributed by atoms with Crippen molar-refractivity contribution in [1.82, 2.24) is 4.98 Å². The van der Waals surface area contributed by atoms with Crippen LogP contribution < -0.4 is 4.74 Å². The van der Waals surface area contributed by atoms with E-state index < -0.39 is 0 Å². The van der Waals surface area contributed by atoms with E-state index >= 15 is 0 Å². The van der Waals surface area contributed by atoms with Gasteiger partial charge < -0.3 is 4.74 Å². The number of hydrogen-bond acceptors (Lipinski definition) is 3. The Bertz CT molecular complexity index is 402. The van der Waals surface area contributed by atoms with Gasteiger partial charge in [-0.1, -0.05) is 0 Å². The third kappa shape index (κ3) is 2.33. The molecule has 0 radical (unpaired) electrons. The highest BCUT2D eigenvalue weighted by molar-refractivity contribution is 9.11. The van der Waals surface area contributed by atoms with Crippen molar-refractivity contribution in [3.8, 4) is 5.75 Å². The van der Waals surface area contributed by atoms with Crippen LogP contribution in [-0.4, -0.2) is 4.98 Å². The van der Waals surface area contributed by atoms with Gasteiger partial charge in [-0.3, -0.25) is 4.98 Å². The summed E-state index contributed by atoms with van der Waals surface area (Å²) in [5, 5.41) is 1.99. The zero-order chi connectivity index (χ0) is 9.80. The molecule has 0 N–H and O–H groups in total. The second-order valence-corrected chi connectivity index (χ2v) is 4.94. The lowest BCUT2D eigenvalue weighted by molar-refractivity contribution is 0.306. The van der Waals surface area contributed by atoms with Crippen molar-refractivity contribution in [3.05, 3.63) is 45.3 Å². The Morgan fingerprint density at radius 1 is 1.29 bits per heavy atom. The van der Waals surface area contributed by atoms with Gasteiger partial charge in [0.2, 0.25) is 0 Å². The van der Waals surface area contributed by atoms with Crippen LogP contribution in [0.1, 0.15) is 5.56 Å². The second-order valence-electron chi connectivity index (χ2n) is 2.70. The Balaban J connectivity index is 1.99. The van der Waals surface area contributed by atoms with Gasteiger partial charge in [-0.15, -0.1) is 11.3 Å². The molecule has 4 heteroatoms. The summed E-state index contributed by atoms with van der Waals surface area (Å²) in [5.74, 6) is 0.895. The van der Waals surface area contributed by atoms with E-state index in [1.807, 2.05) is 23.6 Å². The van der Waals surface area contributed by atoms with Crippen LogP contribution in [0.3, 0.4) is 0 Å². The highest BCUT2D eigenvalue weighted by atomic mass is 79.9. The van der Waals surface area contributed by atoms with E-state index in [0.29, 0.717) is 6.61 Å². The fourth-order valence-electron chi connectivity index (χ4n) is 1.02. The minimum atomic E-state index is 0.581. The summed E-state index contributed by atoms with van der Waals surface area (Å²) < 4.78 is 6.63. The first-order chi connectivity index (χ1) is 6.86. The van der Waals surface area contributed by atoms with Crippen molar-refractivity contribution in [2.45, 2.75) is 6.61 Å². The lowest BCUT2D eigenvalue weighted by atomic mass is 10.3. The van der Waals surface area contributed by atoms with Crippen LogP contribution in [0.25, 0.3) is 0 Å². The number of pyridine rings is 1. The Labute approximate surface area is 94.7 Å². The first-order valence-electron chi connectivity index (χ1n) is 4.11. The van der Waals surface area contributed by atoms with Gasteiger partial charge in [0.25, 0.3) is 0 Å². The predicted molar refractivity (Wildman–Crippen MR) is 60.6 cm³/mol. The molecular formula is C10H8BrNOS. The van der Waals surface area contributed by atoms with Crippen LogP contribution in [0, 0.1) is 0 Å². The average molecular weight is 270 g/mol. The predicted octanol–water partition coefficient (Wildman–Crippen LogP) is 3.48. The fourth-order valence-corrected chi connectivity index (χ4v) is 2.15. The average Bonchev–Trinajstić information content (AvgIpc) is 2.63. The number of ether oxygens (including phenoxy) is 1. The lowest BCUT2D eigenvalue weighted by Gasteiger charge is -2.03. The molecule has 0 aliphatic carbocycles. The number of nitrogens with zero attached hydrogens (tertiary/aromatic N) is 1. The number of hydrogen-bond donors (Lipinski definition) is 0. The fraction of sp³-hybridized carbons (Fsp3) is 0.100. The molecule has 0 amide bonds. The largest absolute Gasteiger partial charge is 0.487 e. The number of thiophene rings is 1. The van der Waals surface area contributed by atoms with E-state index in [1.165, 1.54) is 0 Å². The van der Waals surface area contributed by atoms with E-state index in [4.69, 9.17) is 4.74 Å². The van der Waals surface area contributed by atoms with Crippen LogP contribution in [0.5, 0.6) is 5.75 Å². The highest BCUT2D eigenvalue weighted by Gasteiger charge is 2.01. The van der Waals surface area contributed by atoms with Crippen LogP contribution in [0.2, 0.25) is 0 Å². The molecule has 0 saturated heterocycles. The maximum absolute atomic E-state index is 5.60. The summed E-state index contributed by atoms with van der Waals surface area (Å²) in [6, 6.07) is 5.84. The van der Waals surface area contributed by atoms with Gasteiger partial charge in [-0.05, 0) is 45.1 Å². The summed E-state index contributed by atoms with van der Waals surface area (Å²) >= 11 is 5.04. The van der Waals surface area contributed by atoms with E-state index in [1.54, 1.807) is 23.7 Å². The van der Waals surface area contributed by atoms with Crippen molar-refractivity contribution < 1.29 is 4.74 Å². The Morgan fingerprint density at radius 3 is 2.71 bits per heavy atom. The van der Waals surface area contributed by atoms with E-state index in [0.717, 1.165) is 15.1 Å². The monoisotopic (exact) mass is 269 g/mol. The van der Waals surface area contributed by atoms with Crippen molar-refractivity contribution in [1.29, 1.82) is 0 Å². The molecule has 2 rings (SSSR count). The third-order valence-corrected chi connectivity index (χ3v) is 3.36. The maximum atomic E-state index is 5.60. The van der Waals surface area contributed by atoms with Crippen molar-refractivity contribution in [2.75, 3.05) is 0 Å². The summed E-state index contributed by atoms with van der Waals surface area (Å²) in [4.78, 5) is 3.95. The first-order valence-corrected chi connectivity index (χ1v) is 5.78. The number of halogens is 1. The number of aromatic nitrogens is 1. The maximum Gasteiger partial charge on any atom is 0.144 e. The molecule has 0 atom stereocenters. The Kier molecular flexibility index (Phi) is 3.16. The molecule has 2 aromatic rings. The molecular weight excluding hydrogens is 262 g/mol. The van der Waals surface area contributed by atoms with Crippen LogP contribution in [0.4, 0.5) is 0 Å². The van der Waals surface area contributed by atoms with Crippen molar-refractivity contribution in [3.63, 3.8) is 0 Å². The van der Waals surface area contributed by atoms with Gasteiger partial charge in [-0.25, -0.2) is 0 Å². The van der Waals surface area contributed by atoms with Crippen LogP contribution in [-0.2, 0) is 6.61 Å². The van der Waals surface area contributed by atoms with Gasteiger partial charge >= 0.3 is 0 Å². The van der Waals surface area contributed by atoms with Crippen molar-refractivity contribution >= 4 is 27.3 Å². The zero-order valence-corrected chi connectivity index (χ0v) is 9.72. The van der Waals surface area contributed by atoms with Crippen LogP contribution >= 0.6 is 27.3 Å². The standard InChI is InChI=1S/C10H8BrNOS/c11-10-9(3-6-14-10)13-7-8-1-4-12-5-2-8/h1-6H,7H2. The molecule has 72 valence electrons. The molecule has 2 aromatic heterocycles. The van der Waals surface area contributed by atoms with Gasteiger partial charge in [0, 0.05) is 12.4 Å². The van der Waals surface area contributed by atoms with Gasteiger partial charge in [-0.2, -0.15) is 0 Å². The minimum Gasteiger partial charge on any atom is -0.487 e. The van der Waals surface area contributed by atoms with E-state index in [9.17, 15) is 0 Å². The van der Waals surface area contributed by atoms with Crippen LogP contribution in [0.15, 0.2) is 39.8 Å². The highest BCUT2D eigenvalue weighted by Crippen LogP contribution is 2.30. The molecule has 0 spiro atoms. The Hall–Kier alpha value is -0.870. The van der Waals surface area contributed by atoms with Gasteiger partial charge in [0.1, 0.15) is 16.1 Å². The molecule has 0 saturated carbocycles. The van der Waals surface area contributed by atoms with E-state index in [2.05, 4.69) is 20.9 Å². The molecule has 0 fully saturated rings. The lowest BCUT2D eigenvalue weighted by Crippen LogP contribution is -1.94. The summed E-state index contributed by atoms with van der Waals surface area (Å²) in [6.45, 7) is 0.581. The molecule has 0 aromatic carbocycles. The normalized spacial score (nSPS) is 10.1. The SMILES string of the molecule is Brc1sccc1OCc1ccncc1. The second kappa shape index (κ2) is 4.57. The molecule has 2 nitrogen and oxygen atoms in total. The van der Waals surface area contributed by atoms with Gasteiger partial charge in [0.15, 0.2) is 0 Å². The third-order valence-electron chi connectivity index (χ3n) is 1.73. The first kappa shape index (κ1) is 9.68. The number of rotatable bonds is 3. The molecule has 0 bridgehead atoms. The van der Waals surface area contributed by atoms with E-state index in [-0.39, 0.29) is 0 Å². The smallest absolute Gasteiger partial charge is 0.144 e. The van der Waals surface area contributed by atoms with Gasteiger partial charge in [0.05, 0.1) is 0 Å². The molecule has 14 heavy (non-hydrogen) atoms.